The third-order valence-corrected chi connectivity index (χ3v) is 6.00. The van der Waals surface area contributed by atoms with Crippen LogP contribution >= 0.6 is 0 Å². The third kappa shape index (κ3) is 4.54. The highest BCUT2D eigenvalue weighted by atomic mass is 16.5. The summed E-state index contributed by atoms with van der Waals surface area (Å²) < 4.78 is 5.26. The first-order chi connectivity index (χ1) is 14.0. The van der Waals surface area contributed by atoms with Crippen molar-refractivity contribution in [2.75, 3.05) is 39.8 Å². The Kier molecular flexibility index (Phi) is 6.77. The highest BCUT2D eigenvalue weighted by molar-refractivity contribution is 5.90. The van der Waals surface area contributed by atoms with E-state index in [0.717, 1.165) is 24.2 Å². The quantitative estimate of drug-likeness (QED) is 0.732. The van der Waals surface area contributed by atoms with Crippen molar-refractivity contribution in [1.82, 2.24) is 14.7 Å². The molecule has 2 heterocycles. The van der Waals surface area contributed by atoms with E-state index >= 15 is 0 Å². The Hall–Kier alpha value is -2.57. The molecule has 1 aromatic rings. The number of carbonyl (C=O) groups excluding carboxylic acids is 3. The lowest BCUT2D eigenvalue weighted by Gasteiger charge is -2.37. The smallest absolute Gasteiger partial charge is 0.228 e. The number of hydrogen-bond acceptors (Lipinski definition) is 4. The topological polar surface area (TPSA) is 70.2 Å². The molecule has 1 aromatic carbocycles. The fourth-order valence-corrected chi connectivity index (χ4v) is 4.29. The van der Waals surface area contributed by atoms with Crippen LogP contribution in [-0.4, -0.2) is 72.3 Å². The van der Waals surface area contributed by atoms with Crippen LogP contribution in [0.4, 0.5) is 0 Å². The predicted octanol–water partition coefficient (Wildman–Crippen LogP) is 2.08. The zero-order valence-corrected chi connectivity index (χ0v) is 17.6. The molecule has 3 rings (SSSR count). The first kappa shape index (κ1) is 21.1. The monoisotopic (exact) mass is 401 g/mol. The lowest BCUT2D eigenvalue weighted by atomic mass is 9.92. The summed E-state index contributed by atoms with van der Waals surface area (Å²) in [4.78, 5) is 43.2. The van der Waals surface area contributed by atoms with E-state index < -0.39 is 5.92 Å². The number of benzene rings is 1. The van der Waals surface area contributed by atoms with Crippen molar-refractivity contribution in [3.05, 3.63) is 29.8 Å². The first-order valence-corrected chi connectivity index (χ1v) is 10.4. The van der Waals surface area contributed by atoms with Crippen LogP contribution in [-0.2, 0) is 14.4 Å². The van der Waals surface area contributed by atoms with E-state index in [1.165, 1.54) is 0 Å². The number of hydrogen-bond donors (Lipinski definition) is 0. The highest BCUT2D eigenvalue weighted by Crippen LogP contribution is 2.40. The Morgan fingerprint density at radius 3 is 2.24 bits per heavy atom. The fourth-order valence-electron chi connectivity index (χ4n) is 4.29. The van der Waals surface area contributed by atoms with Gasteiger partial charge in [0.2, 0.25) is 17.7 Å². The van der Waals surface area contributed by atoms with E-state index in [0.29, 0.717) is 32.7 Å². The number of methoxy groups -OCH3 is 1. The van der Waals surface area contributed by atoms with Crippen LogP contribution in [0.2, 0.25) is 0 Å². The van der Waals surface area contributed by atoms with Gasteiger partial charge in [-0.15, -0.1) is 0 Å². The molecule has 3 amide bonds. The average molecular weight is 402 g/mol. The maximum absolute atomic E-state index is 13.4. The third-order valence-electron chi connectivity index (χ3n) is 6.00. The van der Waals surface area contributed by atoms with Crippen LogP contribution in [0, 0.1) is 5.92 Å². The number of carbonyl (C=O) groups is 3. The first-order valence-electron chi connectivity index (χ1n) is 10.4. The summed E-state index contributed by atoms with van der Waals surface area (Å²) in [5.41, 5.74) is 0.966. The molecule has 0 saturated carbocycles. The summed E-state index contributed by atoms with van der Waals surface area (Å²) in [6.45, 7) is 6.45. The molecule has 2 fully saturated rings. The van der Waals surface area contributed by atoms with Crippen molar-refractivity contribution in [2.45, 2.75) is 39.2 Å². The van der Waals surface area contributed by atoms with Gasteiger partial charge in [0, 0.05) is 46.1 Å². The van der Waals surface area contributed by atoms with E-state index in [2.05, 4.69) is 6.92 Å². The number of piperazine rings is 1. The highest BCUT2D eigenvalue weighted by Gasteiger charge is 2.45. The van der Waals surface area contributed by atoms with E-state index in [-0.39, 0.29) is 30.2 Å². The molecule has 0 radical (unpaired) electrons. The normalized spacial score (nSPS) is 22.2. The van der Waals surface area contributed by atoms with Crippen LogP contribution in [0.3, 0.4) is 0 Å². The molecule has 2 saturated heterocycles. The van der Waals surface area contributed by atoms with Crippen molar-refractivity contribution in [3.8, 4) is 5.75 Å². The van der Waals surface area contributed by atoms with Gasteiger partial charge in [0.25, 0.3) is 0 Å². The molecule has 0 aliphatic carbocycles. The molecule has 0 bridgehead atoms. The molecular formula is C22H31N3O4. The standard InChI is InChI=1S/C22H31N3O4/c1-4-5-10-25-20(27)15-19(21(25)17-6-8-18(29-3)9-7-17)22(28)24-13-11-23(12-14-24)16(2)26/h6-9,19,21H,4-5,10-15H2,1-3H3/t19-,21+/m1/s1. The van der Waals surface area contributed by atoms with Gasteiger partial charge in [0.1, 0.15) is 5.75 Å². The number of rotatable bonds is 6. The molecule has 0 spiro atoms. The second-order valence-electron chi connectivity index (χ2n) is 7.80. The molecule has 7 nitrogen and oxygen atoms in total. The average Bonchev–Trinajstić information content (AvgIpc) is 3.07. The van der Waals surface area contributed by atoms with Crippen molar-refractivity contribution >= 4 is 17.7 Å². The van der Waals surface area contributed by atoms with E-state index in [9.17, 15) is 14.4 Å². The summed E-state index contributed by atoms with van der Waals surface area (Å²) in [5.74, 6) is 0.453. The molecule has 2 aliphatic rings. The second kappa shape index (κ2) is 9.29. The van der Waals surface area contributed by atoms with Crippen LogP contribution in [0.25, 0.3) is 0 Å². The number of nitrogens with zero attached hydrogens (tertiary/aromatic N) is 3. The van der Waals surface area contributed by atoms with Crippen LogP contribution in [0.5, 0.6) is 5.75 Å². The number of ether oxygens (including phenoxy) is 1. The second-order valence-corrected chi connectivity index (χ2v) is 7.80. The van der Waals surface area contributed by atoms with Gasteiger partial charge < -0.3 is 19.4 Å². The van der Waals surface area contributed by atoms with Gasteiger partial charge in [0.15, 0.2) is 0 Å². The Labute approximate surface area is 172 Å². The maximum Gasteiger partial charge on any atom is 0.228 e. The largest absolute Gasteiger partial charge is 0.497 e. The molecule has 2 atom stereocenters. The molecule has 7 heteroatoms. The zero-order valence-electron chi connectivity index (χ0n) is 17.6. The zero-order chi connectivity index (χ0) is 21.0. The van der Waals surface area contributed by atoms with Gasteiger partial charge in [-0.2, -0.15) is 0 Å². The lowest BCUT2D eigenvalue weighted by Crippen LogP contribution is -2.52. The van der Waals surface area contributed by atoms with E-state index in [4.69, 9.17) is 4.74 Å². The summed E-state index contributed by atoms with van der Waals surface area (Å²) in [5, 5.41) is 0. The lowest BCUT2D eigenvalue weighted by molar-refractivity contribution is -0.142. The summed E-state index contributed by atoms with van der Waals surface area (Å²) in [6, 6.07) is 7.41. The molecule has 158 valence electrons. The van der Waals surface area contributed by atoms with Gasteiger partial charge in [-0.1, -0.05) is 25.5 Å². The molecule has 0 aromatic heterocycles. The van der Waals surface area contributed by atoms with Crippen molar-refractivity contribution in [1.29, 1.82) is 0 Å². The van der Waals surface area contributed by atoms with Gasteiger partial charge in [-0.05, 0) is 24.1 Å². The van der Waals surface area contributed by atoms with Crippen LogP contribution in [0.1, 0.15) is 44.7 Å². The fraction of sp³-hybridized carbons (Fsp3) is 0.591. The number of unbranched alkanes of at least 4 members (excludes halogenated alkanes) is 1. The van der Waals surface area contributed by atoms with Gasteiger partial charge in [-0.3, -0.25) is 14.4 Å². The minimum Gasteiger partial charge on any atom is -0.497 e. The van der Waals surface area contributed by atoms with Gasteiger partial charge in [0.05, 0.1) is 19.1 Å². The molecule has 0 N–H and O–H groups in total. The molecule has 0 unspecified atom stereocenters. The van der Waals surface area contributed by atoms with E-state index in [1.54, 1.807) is 18.9 Å². The van der Waals surface area contributed by atoms with Crippen molar-refractivity contribution in [2.24, 2.45) is 5.92 Å². The van der Waals surface area contributed by atoms with E-state index in [1.807, 2.05) is 34.1 Å². The predicted molar refractivity (Wildman–Crippen MR) is 109 cm³/mol. The number of amides is 3. The Morgan fingerprint density at radius 1 is 1.07 bits per heavy atom. The Balaban J connectivity index is 1.81. The molecule has 2 aliphatic heterocycles. The minimum atomic E-state index is -0.392. The van der Waals surface area contributed by atoms with Crippen molar-refractivity contribution in [3.63, 3.8) is 0 Å². The van der Waals surface area contributed by atoms with Crippen molar-refractivity contribution < 1.29 is 19.1 Å². The molecular weight excluding hydrogens is 370 g/mol. The van der Waals surface area contributed by atoms with Crippen LogP contribution in [0.15, 0.2) is 24.3 Å². The van der Waals surface area contributed by atoms with Gasteiger partial charge >= 0.3 is 0 Å². The summed E-state index contributed by atoms with van der Waals surface area (Å²) in [7, 11) is 1.62. The minimum absolute atomic E-state index is 0.0152. The SMILES string of the molecule is CCCCN1C(=O)C[C@@H](C(=O)N2CCN(C(C)=O)CC2)[C@@H]1c1ccc(OC)cc1. The Bertz CT molecular complexity index is 741. The number of likely N-dealkylation sites (tertiary alicyclic amines) is 1. The maximum atomic E-state index is 13.4. The van der Waals surface area contributed by atoms with Crippen LogP contribution < -0.4 is 4.74 Å². The molecule has 29 heavy (non-hydrogen) atoms. The van der Waals surface area contributed by atoms with Gasteiger partial charge in [-0.25, -0.2) is 0 Å². The summed E-state index contributed by atoms with van der Waals surface area (Å²) >= 11 is 0. The Morgan fingerprint density at radius 2 is 1.69 bits per heavy atom. The summed E-state index contributed by atoms with van der Waals surface area (Å²) in [6.07, 6.45) is 2.15.